The molecule has 1 aromatic carbocycles. The standard InChI is InChI=1S/C14H13F3N2O3S2/c1-2-11-7-8-12(23-11)24(21,22)19-10-5-3-9(4-6-10)18-13(20)14(15,16)17/h3-8,19H,2H2,1H3,(H,18,20). The van der Waals surface area contributed by atoms with E-state index in [4.69, 9.17) is 0 Å². The second-order valence-corrected chi connectivity index (χ2v) is 7.79. The smallest absolute Gasteiger partial charge is 0.318 e. The molecule has 0 spiro atoms. The van der Waals surface area contributed by atoms with Crippen LogP contribution in [0.1, 0.15) is 11.8 Å². The average Bonchev–Trinajstić information content (AvgIpc) is 2.98. The number of carbonyl (C=O) groups is 1. The summed E-state index contributed by atoms with van der Waals surface area (Å²) in [4.78, 5) is 11.7. The van der Waals surface area contributed by atoms with E-state index in [9.17, 15) is 26.4 Å². The van der Waals surface area contributed by atoms with E-state index in [1.807, 2.05) is 6.92 Å². The van der Waals surface area contributed by atoms with Crippen molar-refractivity contribution in [2.45, 2.75) is 23.7 Å². The summed E-state index contributed by atoms with van der Waals surface area (Å²) >= 11 is 1.14. The molecule has 0 aliphatic heterocycles. The van der Waals surface area contributed by atoms with Gasteiger partial charge in [-0.05, 0) is 42.8 Å². The summed E-state index contributed by atoms with van der Waals surface area (Å²) in [5.41, 5.74) is 0.0797. The van der Waals surface area contributed by atoms with Gasteiger partial charge < -0.3 is 5.32 Å². The van der Waals surface area contributed by atoms with Gasteiger partial charge in [0.25, 0.3) is 10.0 Å². The number of thiophene rings is 1. The molecule has 1 amide bonds. The number of sulfonamides is 1. The number of hydrogen-bond acceptors (Lipinski definition) is 4. The van der Waals surface area contributed by atoms with Crippen molar-refractivity contribution < 1.29 is 26.4 Å². The van der Waals surface area contributed by atoms with Crippen LogP contribution in [0.25, 0.3) is 0 Å². The molecule has 0 bridgehead atoms. The highest BCUT2D eigenvalue weighted by atomic mass is 32.2. The van der Waals surface area contributed by atoms with Crippen molar-refractivity contribution in [3.05, 3.63) is 41.3 Å². The Kier molecular flexibility index (Phi) is 5.19. The molecule has 0 atom stereocenters. The van der Waals surface area contributed by atoms with Crippen molar-refractivity contribution in [3.63, 3.8) is 0 Å². The minimum Gasteiger partial charge on any atom is -0.318 e. The van der Waals surface area contributed by atoms with Crippen LogP contribution < -0.4 is 10.0 Å². The molecule has 0 saturated carbocycles. The van der Waals surface area contributed by atoms with Gasteiger partial charge in [0.15, 0.2) is 0 Å². The number of benzene rings is 1. The fourth-order valence-corrected chi connectivity index (χ4v) is 4.08. The van der Waals surface area contributed by atoms with E-state index in [1.165, 1.54) is 30.3 Å². The molecule has 1 heterocycles. The van der Waals surface area contributed by atoms with Crippen molar-refractivity contribution in [2.75, 3.05) is 10.0 Å². The van der Waals surface area contributed by atoms with Crippen LogP contribution in [0, 0.1) is 0 Å². The monoisotopic (exact) mass is 378 g/mol. The van der Waals surface area contributed by atoms with E-state index in [0.717, 1.165) is 16.2 Å². The Hall–Kier alpha value is -2.07. The van der Waals surface area contributed by atoms with Crippen molar-refractivity contribution in [1.29, 1.82) is 0 Å². The Balaban J connectivity index is 2.09. The van der Waals surface area contributed by atoms with Crippen LogP contribution in [-0.2, 0) is 21.2 Å². The van der Waals surface area contributed by atoms with Crippen molar-refractivity contribution >= 4 is 38.6 Å². The lowest BCUT2D eigenvalue weighted by molar-refractivity contribution is -0.167. The number of halogens is 3. The molecule has 0 fully saturated rings. The minimum absolute atomic E-state index is 0.0929. The van der Waals surface area contributed by atoms with Crippen LogP contribution in [0.4, 0.5) is 24.5 Å². The molecule has 0 unspecified atom stereocenters. The summed E-state index contributed by atoms with van der Waals surface area (Å²) in [5, 5.41) is 1.68. The van der Waals surface area contributed by atoms with Crippen LogP contribution in [0.3, 0.4) is 0 Å². The molecule has 10 heteroatoms. The van der Waals surface area contributed by atoms with E-state index in [0.29, 0.717) is 6.42 Å². The van der Waals surface area contributed by atoms with Gasteiger partial charge in [-0.15, -0.1) is 11.3 Å². The van der Waals surface area contributed by atoms with E-state index >= 15 is 0 Å². The largest absolute Gasteiger partial charge is 0.471 e. The summed E-state index contributed by atoms with van der Waals surface area (Å²) in [6.07, 6.45) is -4.27. The second-order valence-electron chi connectivity index (χ2n) is 4.71. The summed E-state index contributed by atoms with van der Waals surface area (Å²) in [6.45, 7) is 1.91. The van der Waals surface area contributed by atoms with Crippen LogP contribution in [0.15, 0.2) is 40.6 Å². The molecule has 0 aliphatic rings. The van der Waals surface area contributed by atoms with Crippen molar-refractivity contribution in [2.24, 2.45) is 0 Å². The summed E-state index contributed by atoms with van der Waals surface area (Å²) in [7, 11) is -3.76. The first-order chi connectivity index (χ1) is 11.1. The molecule has 2 rings (SSSR count). The lowest BCUT2D eigenvalue weighted by Gasteiger charge is -2.09. The number of alkyl halides is 3. The molecule has 2 N–H and O–H groups in total. The average molecular weight is 378 g/mol. The van der Waals surface area contributed by atoms with Gasteiger partial charge in [-0.2, -0.15) is 13.2 Å². The van der Waals surface area contributed by atoms with Crippen LogP contribution in [0.5, 0.6) is 0 Å². The molecule has 0 radical (unpaired) electrons. The lowest BCUT2D eigenvalue weighted by Crippen LogP contribution is -2.29. The third kappa shape index (κ3) is 4.48. The Morgan fingerprint density at radius 2 is 1.67 bits per heavy atom. The molecule has 0 saturated heterocycles. The summed E-state index contributed by atoms with van der Waals surface area (Å²) in [6, 6.07) is 8.08. The lowest BCUT2D eigenvalue weighted by atomic mass is 10.3. The Morgan fingerprint density at radius 3 is 2.17 bits per heavy atom. The number of amides is 1. The first-order valence-electron chi connectivity index (χ1n) is 6.71. The van der Waals surface area contributed by atoms with Gasteiger partial charge in [0.2, 0.25) is 0 Å². The molecule has 130 valence electrons. The molecule has 0 aliphatic carbocycles. The van der Waals surface area contributed by atoms with Crippen molar-refractivity contribution in [1.82, 2.24) is 0 Å². The molecular formula is C14H13F3N2O3S2. The topological polar surface area (TPSA) is 75.3 Å². The van der Waals surface area contributed by atoms with E-state index in [1.54, 1.807) is 11.4 Å². The van der Waals surface area contributed by atoms with E-state index in [-0.39, 0.29) is 15.6 Å². The van der Waals surface area contributed by atoms with Gasteiger partial charge in [0.1, 0.15) is 4.21 Å². The third-order valence-corrected chi connectivity index (χ3v) is 6.01. The Bertz CT molecular complexity index is 828. The Morgan fingerprint density at radius 1 is 1.08 bits per heavy atom. The van der Waals surface area contributed by atoms with E-state index < -0.39 is 22.1 Å². The summed E-state index contributed by atoms with van der Waals surface area (Å²) in [5.74, 6) is -2.10. The predicted octanol–water partition coefficient (Wildman–Crippen LogP) is 3.61. The zero-order valence-corrected chi connectivity index (χ0v) is 14.0. The zero-order chi connectivity index (χ0) is 18.0. The maximum atomic E-state index is 12.2. The normalized spacial score (nSPS) is 12.0. The van der Waals surface area contributed by atoms with Crippen LogP contribution in [-0.4, -0.2) is 20.5 Å². The molecule has 24 heavy (non-hydrogen) atoms. The van der Waals surface area contributed by atoms with Gasteiger partial charge in [-0.1, -0.05) is 6.92 Å². The fraction of sp³-hybridized carbons (Fsp3) is 0.214. The number of aryl methyl sites for hydroxylation is 1. The SMILES string of the molecule is CCc1ccc(S(=O)(=O)Nc2ccc(NC(=O)C(F)(F)F)cc2)s1. The van der Waals surface area contributed by atoms with Gasteiger partial charge in [-0.25, -0.2) is 8.42 Å². The van der Waals surface area contributed by atoms with E-state index in [2.05, 4.69) is 4.72 Å². The molecule has 2 aromatic rings. The number of nitrogens with one attached hydrogen (secondary N) is 2. The first-order valence-corrected chi connectivity index (χ1v) is 9.01. The number of carbonyl (C=O) groups excluding carboxylic acids is 1. The highest BCUT2D eigenvalue weighted by Gasteiger charge is 2.38. The number of hydrogen-bond donors (Lipinski definition) is 2. The van der Waals surface area contributed by atoms with Crippen LogP contribution >= 0.6 is 11.3 Å². The second kappa shape index (κ2) is 6.81. The fourth-order valence-electron chi connectivity index (χ4n) is 1.72. The number of rotatable bonds is 5. The van der Waals surface area contributed by atoms with Gasteiger partial charge >= 0.3 is 12.1 Å². The Labute approximate surface area is 140 Å². The zero-order valence-electron chi connectivity index (χ0n) is 12.3. The molecule has 5 nitrogen and oxygen atoms in total. The predicted molar refractivity (Wildman–Crippen MR) is 85.6 cm³/mol. The van der Waals surface area contributed by atoms with Crippen LogP contribution in [0.2, 0.25) is 0 Å². The first kappa shape index (κ1) is 18.3. The van der Waals surface area contributed by atoms with Gasteiger partial charge in [-0.3, -0.25) is 9.52 Å². The molecular weight excluding hydrogens is 365 g/mol. The summed E-state index contributed by atoms with van der Waals surface area (Å²) < 4.78 is 63.3. The third-order valence-electron chi connectivity index (χ3n) is 2.90. The minimum atomic E-state index is -4.99. The van der Waals surface area contributed by atoms with Crippen molar-refractivity contribution in [3.8, 4) is 0 Å². The van der Waals surface area contributed by atoms with Gasteiger partial charge in [0.05, 0.1) is 0 Å². The highest BCUT2D eigenvalue weighted by molar-refractivity contribution is 7.94. The van der Waals surface area contributed by atoms with Gasteiger partial charge in [0, 0.05) is 16.3 Å². The highest BCUT2D eigenvalue weighted by Crippen LogP contribution is 2.25. The maximum Gasteiger partial charge on any atom is 0.471 e. The quantitative estimate of drug-likeness (QED) is 0.835. The molecule has 1 aromatic heterocycles. The maximum absolute atomic E-state index is 12.2. The number of anilines is 2.